The fourth-order valence-corrected chi connectivity index (χ4v) is 2.58. The molecule has 92 valence electrons. The quantitative estimate of drug-likeness (QED) is 0.792. The van der Waals surface area contributed by atoms with Crippen molar-refractivity contribution in [3.05, 3.63) is 23.7 Å². The zero-order chi connectivity index (χ0) is 12.3. The lowest BCUT2D eigenvalue weighted by atomic mass is 10.00. The highest BCUT2D eigenvalue weighted by molar-refractivity contribution is 5.20. The lowest BCUT2D eigenvalue weighted by molar-refractivity contribution is 0.266. The fourth-order valence-electron chi connectivity index (χ4n) is 2.58. The van der Waals surface area contributed by atoms with Crippen molar-refractivity contribution in [2.45, 2.75) is 53.5 Å². The molecule has 1 fully saturated rings. The van der Waals surface area contributed by atoms with E-state index in [1.165, 1.54) is 24.2 Å². The first-order valence-electron chi connectivity index (χ1n) is 6.39. The minimum Gasteiger partial charge on any atom is -0.403 e. The van der Waals surface area contributed by atoms with Gasteiger partial charge in [0.15, 0.2) is 0 Å². The van der Waals surface area contributed by atoms with Gasteiger partial charge in [0.1, 0.15) is 0 Å². The van der Waals surface area contributed by atoms with E-state index in [1.54, 1.807) is 6.20 Å². The zero-order valence-corrected chi connectivity index (χ0v) is 11.3. The van der Waals surface area contributed by atoms with Crippen LogP contribution in [-0.2, 0) is 0 Å². The average Bonchev–Trinajstić information content (AvgIpc) is 2.62. The minimum absolute atomic E-state index is 0.485. The maximum atomic E-state index is 5.80. The molecule has 1 aliphatic rings. The molecule has 1 aliphatic heterocycles. The summed E-state index contributed by atoms with van der Waals surface area (Å²) in [5, 5.41) is 0. The van der Waals surface area contributed by atoms with E-state index in [2.05, 4.69) is 45.6 Å². The van der Waals surface area contributed by atoms with E-state index in [9.17, 15) is 0 Å². The molecule has 2 heteroatoms. The molecule has 0 aromatic rings. The summed E-state index contributed by atoms with van der Waals surface area (Å²) < 4.78 is 0. The van der Waals surface area contributed by atoms with Gasteiger partial charge in [-0.05, 0) is 31.6 Å². The summed E-state index contributed by atoms with van der Waals surface area (Å²) in [5.74, 6) is 1.16. The van der Waals surface area contributed by atoms with Crippen LogP contribution in [-0.4, -0.2) is 10.9 Å². The molecule has 1 rings (SSSR count). The van der Waals surface area contributed by atoms with Gasteiger partial charge in [-0.25, -0.2) is 0 Å². The van der Waals surface area contributed by atoms with E-state index in [0.717, 1.165) is 0 Å². The lowest BCUT2D eigenvalue weighted by Gasteiger charge is -2.34. The first-order valence-corrected chi connectivity index (χ1v) is 6.39. The molecule has 0 amide bonds. The predicted molar refractivity (Wildman–Crippen MR) is 70.6 cm³/mol. The highest BCUT2D eigenvalue weighted by Crippen LogP contribution is 2.36. The molecule has 0 aromatic heterocycles. The fraction of sp³-hybridized carbons (Fsp3) is 0.714. The second-order valence-corrected chi connectivity index (χ2v) is 5.25. The first-order chi connectivity index (χ1) is 7.52. The number of nitrogens with two attached hydrogens (primary N) is 1. The average molecular weight is 222 g/mol. The van der Waals surface area contributed by atoms with Crippen molar-refractivity contribution in [1.29, 1.82) is 0 Å². The summed E-state index contributed by atoms with van der Waals surface area (Å²) in [6.07, 6.45) is 6.45. The molecule has 0 aromatic carbocycles. The Labute approximate surface area is 100 Å². The maximum Gasteiger partial charge on any atom is 0.0363 e. The molecule has 0 bridgehead atoms. The first kappa shape index (κ1) is 13.1. The van der Waals surface area contributed by atoms with Crippen LogP contribution in [0.2, 0.25) is 0 Å². The van der Waals surface area contributed by atoms with E-state index in [0.29, 0.717) is 17.9 Å². The standard InChI is InChI=1S/C14H26N2/c1-6-12-7-8-13(10(2)3)16(12)14(9-15)11(4)5/h6,9-11,13H,7-8,15H2,1-5H3/b12-6-,14-9-. The maximum absolute atomic E-state index is 5.80. The van der Waals surface area contributed by atoms with Crippen LogP contribution in [0.25, 0.3) is 0 Å². The Morgan fingerprint density at radius 1 is 1.38 bits per heavy atom. The van der Waals surface area contributed by atoms with Crippen LogP contribution in [0.4, 0.5) is 0 Å². The third-order valence-corrected chi connectivity index (χ3v) is 3.48. The zero-order valence-electron chi connectivity index (χ0n) is 11.3. The Morgan fingerprint density at radius 2 is 2.00 bits per heavy atom. The minimum atomic E-state index is 0.485. The normalized spacial score (nSPS) is 25.2. The van der Waals surface area contributed by atoms with Crippen molar-refractivity contribution in [3.8, 4) is 0 Å². The summed E-state index contributed by atoms with van der Waals surface area (Å²) in [4.78, 5) is 2.47. The molecule has 16 heavy (non-hydrogen) atoms. The topological polar surface area (TPSA) is 29.3 Å². The number of rotatable bonds is 3. The molecule has 0 spiro atoms. The van der Waals surface area contributed by atoms with Crippen LogP contribution in [0.3, 0.4) is 0 Å². The Balaban J connectivity index is 3.03. The third kappa shape index (κ3) is 2.42. The molecule has 1 heterocycles. The third-order valence-electron chi connectivity index (χ3n) is 3.48. The van der Waals surface area contributed by atoms with Gasteiger partial charge in [-0.2, -0.15) is 0 Å². The number of nitrogens with zero attached hydrogens (tertiary/aromatic N) is 1. The number of hydrogen-bond donors (Lipinski definition) is 1. The Hall–Kier alpha value is -0.920. The predicted octanol–water partition coefficient (Wildman–Crippen LogP) is 3.47. The van der Waals surface area contributed by atoms with Crippen molar-refractivity contribution in [1.82, 2.24) is 4.90 Å². The smallest absolute Gasteiger partial charge is 0.0363 e. The van der Waals surface area contributed by atoms with Crippen LogP contribution in [0.15, 0.2) is 23.7 Å². The molecule has 1 saturated heterocycles. The highest BCUT2D eigenvalue weighted by atomic mass is 15.2. The molecule has 2 nitrogen and oxygen atoms in total. The van der Waals surface area contributed by atoms with Gasteiger partial charge in [-0.15, -0.1) is 0 Å². The van der Waals surface area contributed by atoms with Gasteiger partial charge in [-0.1, -0.05) is 33.8 Å². The summed E-state index contributed by atoms with van der Waals surface area (Å²) in [6, 6.07) is 0.614. The van der Waals surface area contributed by atoms with E-state index in [1.807, 2.05) is 0 Å². The van der Waals surface area contributed by atoms with E-state index in [4.69, 9.17) is 5.73 Å². The molecule has 0 radical (unpaired) electrons. The van der Waals surface area contributed by atoms with Crippen LogP contribution >= 0.6 is 0 Å². The van der Waals surface area contributed by atoms with Gasteiger partial charge in [0, 0.05) is 23.6 Å². The number of likely N-dealkylation sites (tertiary alicyclic amines) is 1. The van der Waals surface area contributed by atoms with Crippen molar-refractivity contribution in [2.24, 2.45) is 17.6 Å². The van der Waals surface area contributed by atoms with Gasteiger partial charge in [0.2, 0.25) is 0 Å². The van der Waals surface area contributed by atoms with Gasteiger partial charge in [0.05, 0.1) is 0 Å². The lowest BCUT2D eigenvalue weighted by Crippen LogP contribution is -2.34. The molecular weight excluding hydrogens is 196 g/mol. The summed E-state index contributed by atoms with van der Waals surface area (Å²) >= 11 is 0. The van der Waals surface area contributed by atoms with Gasteiger partial charge < -0.3 is 10.6 Å². The van der Waals surface area contributed by atoms with Crippen molar-refractivity contribution < 1.29 is 0 Å². The largest absolute Gasteiger partial charge is 0.403 e. The monoisotopic (exact) mass is 222 g/mol. The van der Waals surface area contributed by atoms with E-state index >= 15 is 0 Å². The van der Waals surface area contributed by atoms with Gasteiger partial charge >= 0.3 is 0 Å². The van der Waals surface area contributed by atoms with Crippen molar-refractivity contribution in [3.63, 3.8) is 0 Å². The van der Waals surface area contributed by atoms with Crippen LogP contribution < -0.4 is 5.73 Å². The summed E-state index contributed by atoms with van der Waals surface area (Å²) in [7, 11) is 0. The van der Waals surface area contributed by atoms with E-state index in [-0.39, 0.29) is 0 Å². The highest BCUT2D eigenvalue weighted by Gasteiger charge is 2.32. The molecule has 1 atom stereocenters. The Kier molecular flexibility index (Phi) is 4.45. The summed E-state index contributed by atoms with van der Waals surface area (Å²) in [6.45, 7) is 11.1. The van der Waals surface area contributed by atoms with Crippen LogP contribution in [0.1, 0.15) is 47.5 Å². The molecule has 0 saturated carbocycles. The molecule has 0 aliphatic carbocycles. The van der Waals surface area contributed by atoms with Crippen LogP contribution in [0.5, 0.6) is 0 Å². The molecule has 1 unspecified atom stereocenters. The second-order valence-electron chi connectivity index (χ2n) is 5.25. The number of hydrogen-bond acceptors (Lipinski definition) is 2. The van der Waals surface area contributed by atoms with Crippen LogP contribution in [0, 0.1) is 11.8 Å². The Bertz CT molecular complexity index is 287. The second kappa shape index (κ2) is 5.42. The van der Waals surface area contributed by atoms with Gasteiger partial charge in [0.25, 0.3) is 0 Å². The number of allylic oxidation sites excluding steroid dienone is 3. The van der Waals surface area contributed by atoms with Crippen molar-refractivity contribution in [2.75, 3.05) is 0 Å². The summed E-state index contributed by atoms with van der Waals surface area (Å²) in [5.41, 5.74) is 8.50. The molecular formula is C14H26N2. The Morgan fingerprint density at radius 3 is 2.38 bits per heavy atom. The van der Waals surface area contributed by atoms with Crippen molar-refractivity contribution >= 4 is 0 Å². The molecule has 2 N–H and O–H groups in total. The SMILES string of the molecule is C/C=C1/CCC(C(C)C)N1/C(=C\N)C(C)C. The van der Waals surface area contributed by atoms with Gasteiger partial charge in [-0.3, -0.25) is 0 Å². The van der Waals surface area contributed by atoms with E-state index < -0.39 is 0 Å².